The van der Waals surface area contributed by atoms with E-state index >= 15 is 0 Å². The number of methoxy groups -OCH3 is 1. The molecule has 1 N–H and O–H groups in total. The number of aromatic nitrogens is 2. The van der Waals surface area contributed by atoms with Crippen LogP contribution in [0.1, 0.15) is 36.5 Å². The molecule has 1 aromatic heterocycles. The molecule has 3 aromatic rings. The average molecular weight is 474 g/mol. The number of morpholine rings is 1. The molecule has 7 heteroatoms. The van der Waals surface area contributed by atoms with Gasteiger partial charge in [0.05, 0.1) is 19.3 Å². The van der Waals surface area contributed by atoms with Gasteiger partial charge in [0.1, 0.15) is 17.7 Å². The van der Waals surface area contributed by atoms with Crippen molar-refractivity contribution in [1.29, 1.82) is 0 Å². The van der Waals surface area contributed by atoms with Crippen LogP contribution in [0.25, 0.3) is 0 Å². The summed E-state index contributed by atoms with van der Waals surface area (Å²) in [6.07, 6.45) is 3.56. The normalized spacial score (nSPS) is 20.6. The van der Waals surface area contributed by atoms with Gasteiger partial charge in [-0.3, -0.25) is 0 Å². The number of ether oxygens (including phenoxy) is 2. The molecule has 184 valence electrons. The van der Waals surface area contributed by atoms with Crippen molar-refractivity contribution >= 4 is 23.3 Å². The lowest BCUT2D eigenvalue weighted by atomic mass is 10.00. The maximum absolute atomic E-state index is 6.26. The van der Waals surface area contributed by atoms with Crippen LogP contribution in [0.15, 0.2) is 60.7 Å². The zero-order valence-corrected chi connectivity index (χ0v) is 20.7. The third kappa shape index (κ3) is 5.57. The number of aryl methyl sites for hydroxylation is 1. The zero-order chi connectivity index (χ0) is 24.0. The molecule has 5 rings (SSSR count). The standard InChI is InChI=1S/C28H35N5O2/c1-21-11-13-23(14-12-21)29-25-19-26(32-15-7-4-8-16-32)31-28(30-25)33-17-18-35-27(24(33)20-34-2)22-9-5-3-6-10-22/h3,5-6,9-14,19,24,27H,4,7-8,15-18,20H2,1-2H3,(H,29,30,31)/t24-,27-/m1/s1. The number of benzene rings is 2. The molecule has 7 nitrogen and oxygen atoms in total. The second-order valence-electron chi connectivity index (χ2n) is 9.37. The van der Waals surface area contributed by atoms with Crippen LogP contribution in [0, 0.1) is 6.92 Å². The monoisotopic (exact) mass is 473 g/mol. The van der Waals surface area contributed by atoms with Crippen LogP contribution >= 0.6 is 0 Å². The van der Waals surface area contributed by atoms with E-state index in [1.54, 1.807) is 7.11 Å². The molecule has 3 heterocycles. The Labute approximate surface area is 208 Å². The summed E-state index contributed by atoms with van der Waals surface area (Å²) >= 11 is 0. The third-order valence-electron chi connectivity index (χ3n) is 6.81. The highest BCUT2D eigenvalue weighted by molar-refractivity contribution is 5.62. The van der Waals surface area contributed by atoms with Gasteiger partial charge < -0.3 is 24.6 Å². The molecule has 2 fully saturated rings. The van der Waals surface area contributed by atoms with Crippen molar-refractivity contribution in [2.45, 2.75) is 38.3 Å². The van der Waals surface area contributed by atoms with Gasteiger partial charge in [0.2, 0.25) is 5.95 Å². The fourth-order valence-electron chi connectivity index (χ4n) is 4.96. The number of nitrogens with one attached hydrogen (secondary N) is 1. The Balaban J connectivity index is 1.51. The largest absolute Gasteiger partial charge is 0.382 e. The Kier molecular flexibility index (Phi) is 7.45. The van der Waals surface area contributed by atoms with Crippen LogP contribution in [0.4, 0.5) is 23.3 Å². The molecule has 0 saturated carbocycles. The van der Waals surface area contributed by atoms with Crippen LogP contribution in [0.3, 0.4) is 0 Å². The first-order valence-electron chi connectivity index (χ1n) is 12.6. The van der Waals surface area contributed by atoms with E-state index in [1.165, 1.54) is 24.8 Å². The van der Waals surface area contributed by atoms with Crippen LogP contribution in [0.5, 0.6) is 0 Å². The first-order valence-corrected chi connectivity index (χ1v) is 12.6. The van der Waals surface area contributed by atoms with Crippen molar-refractivity contribution in [2.75, 3.05) is 55.1 Å². The number of nitrogens with zero attached hydrogens (tertiary/aromatic N) is 4. The van der Waals surface area contributed by atoms with E-state index in [0.29, 0.717) is 25.7 Å². The number of anilines is 4. The first kappa shape index (κ1) is 23.6. The van der Waals surface area contributed by atoms with Gasteiger partial charge >= 0.3 is 0 Å². The number of hydrogen-bond donors (Lipinski definition) is 1. The number of hydrogen-bond acceptors (Lipinski definition) is 7. The molecule has 0 aliphatic carbocycles. The van der Waals surface area contributed by atoms with Gasteiger partial charge in [0.15, 0.2) is 0 Å². The van der Waals surface area contributed by atoms with Crippen LogP contribution in [-0.4, -0.2) is 56.0 Å². The molecule has 0 radical (unpaired) electrons. The molecule has 0 spiro atoms. The van der Waals surface area contributed by atoms with E-state index in [2.05, 4.69) is 76.6 Å². The smallest absolute Gasteiger partial charge is 0.229 e. The second kappa shape index (κ2) is 11.1. The van der Waals surface area contributed by atoms with Crippen LogP contribution < -0.4 is 15.1 Å². The minimum absolute atomic E-state index is 0.0278. The molecular formula is C28H35N5O2. The summed E-state index contributed by atoms with van der Waals surface area (Å²) in [7, 11) is 1.74. The van der Waals surface area contributed by atoms with Gasteiger partial charge in [-0.2, -0.15) is 9.97 Å². The first-order chi connectivity index (χ1) is 17.2. The minimum Gasteiger partial charge on any atom is -0.382 e. The lowest BCUT2D eigenvalue weighted by Crippen LogP contribution is -2.50. The van der Waals surface area contributed by atoms with Crippen molar-refractivity contribution in [2.24, 2.45) is 0 Å². The van der Waals surface area contributed by atoms with Crippen molar-refractivity contribution in [3.05, 3.63) is 71.8 Å². The highest BCUT2D eigenvalue weighted by atomic mass is 16.5. The van der Waals surface area contributed by atoms with E-state index in [9.17, 15) is 0 Å². The molecule has 0 amide bonds. The summed E-state index contributed by atoms with van der Waals surface area (Å²) in [6.45, 7) is 5.99. The van der Waals surface area contributed by atoms with E-state index in [0.717, 1.165) is 36.0 Å². The van der Waals surface area contributed by atoms with Crippen molar-refractivity contribution in [3.8, 4) is 0 Å². The van der Waals surface area contributed by atoms with Gasteiger partial charge in [-0.05, 0) is 43.9 Å². The summed E-state index contributed by atoms with van der Waals surface area (Å²) in [4.78, 5) is 14.7. The molecule has 0 bridgehead atoms. The maximum Gasteiger partial charge on any atom is 0.229 e. The lowest BCUT2D eigenvalue weighted by molar-refractivity contribution is -0.0125. The van der Waals surface area contributed by atoms with Crippen molar-refractivity contribution < 1.29 is 9.47 Å². The minimum atomic E-state index is -0.111. The van der Waals surface area contributed by atoms with E-state index in [4.69, 9.17) is 19.4 Å². The molecule has 2 atom stereocenters. The number of rotatable bonds is 7. The Hall–Kier alpha value is -3.16. The maximum atomic E-state index is 6.26. The molecule has 2 saturated heterocycles. The fourth-order valence-corrected chi connectivity index (χ4v) is 4.96. The van der Waals surface area contributed by atoms with Gasteiger partial charge in [-0.15, -0.1) is 0 Å². The SMILES string of the molecule is COC[C@@H]1[C@@H](c2ccccc2)OCCN1c1nc(Nc2ccc(C)cc2)cc(N2CCCCC2)n1. The highest BCUT2D eigenvalue weighted by Gasteiger charge is 2.35. The van der Waals surface area contributed by atoms with Crippen molar-refractivity contribution in [1.82, 2.24) is 9.97 Å². The highest BCUT2D eigenvalue weighted by Crippen LogP contribution is 2.33. The molecule has 35 heavy (non-hydrogen) atoms. The topological polar surface area (TPSA) is 62.8 Å². The quantitative estimate of drug-likeness (QED) is 0.511. The predicted molar refractivity (Wildman–Crippen MR) is 141 cm³/mol. The van der Waals surface area contributed by atoms with Gasteiger partial charge in [0, 0.05) is 38.5 Å². The molecule has 0 unspecified atom stereocenters. The summed E-state index contributed by atoms with van der Waals surface area (Å²) in [6, 6.07) is 20.8. The van der Waals surface area contributed by atoms with Gasteiger partial charge in [0.25, 0.3) is 0 Å². The summed E-state index contributed by atoms with van der Waals surface area (Å²) < 4.78 is 11.9. The summed E-state index contributed by atoms with van der Waals surface area (Å²) in [5, 5.41) is 3.51. The third-order valence-corrected chi connectivity index (χ3v) is 6.81. The molecular weight excluding hydrogens is 438 g/mol. The number of piperidine rings is 1. The fraction of sp³-hybridized carbons (Fsp3) is 0.429. The summed E-state index contributed by atoms with van der Waals surface area (Å²) in [5.41, 5.74) is 3.39. The Morgan fingerprint density at radius 2 is 1.74 bits per heavy atom. The van der Waals surface area contributed by atoms with Crippen LogP contribution in [0.2, 0.25) is 0 Å². The van der Waals surface area contributed by atoms with E-state index < -0.39 is 0 Å². The van der Waals surface area contributed by atoms with Crippen LogP contribution in [-0.2, 0) is 9.47 Å². The lowest BCUT2D eigenvalue weighted by Gasteiger charge is -2.41. The van der Waals surface area contributed by atoms with E-state index in [1.807, 2.05) is 6.07 Å². The Morgan fingerprint density at radius 1 is 0.971 bits per heavy atom. The molecule has 2 aliphatic rings. The predicted octanol–water partition coefficient (Wildman–Crippen LogP) is 5.11. The molecule has 2 aliphatic heterocycles. The van der Waals surface area contributed by atoms with Gasteiger partial charge in [-0.1, -0.05) is 48.0 Å². The van der Waals surface area contributed by atoms with E-state index in [-0.39, 0.29) is 12.1 Å². The average Bonchev–Trinajstić information content (AvgIpc) is 2.91. The summed E-state index contributed by atoms with van der Waals surface area (Å²) in [5.74, 6) is 2.50. The Morgan fingerprint density at radius 3 is 2.49 bits per heavy atom. The van der Waals surface area contributed by atoms with Crippen molar-refractivity contribution in [3.63, 3.8) is 0 Å². The zero-order valence-electron chi connectivity index (χ0n) is 20.7. The van der Waals surface area contributed by atoms with Gasteiger partial charge in [-0.25, -0.2) is 0 Å². The molecule has 2 aromatic carbocycles. The Bertz CT molecular complexity index is 1090. The second-order valence-corrected chi connectivity index (χ2v) is 9.37.